The standard InChI is InChI=1S/C15H20N2O4/c1-19-14(18)11-3-4-12(16)13(9-11)17-6-2-5-15(10-17)20-7-8-21-15/h3-4,9H,2,5-8,10,16H2,1H3. The van der Waals surface area contributed by atoms with E-state index >= 15 is 0 Å². The van der Waals surface area contributed by atoms with Crippen LogP contribution < -0.4 is 10.6 Å². The van der Waals surface area contributed by atoms with E-state index in [0.29, 0.717) is 31.0 Å². The fourth-order valence-electron chi connectivity index (χ4n) is 2.99. The summed E-state index contributed by atoms with van der Waals surface area (Å²) < 4.78 is 16.3. The normalized spacial score (nSPS) is 20.7. The molecule has 114 valence electrons. The number of hydrogen-bond donors (Lipinski definition) is 1. The van der Waals surface area contributed by atoms with Gasteiger partial charge in [0.15, 0.2) is 5.79 Å². The van der Waals surface area contributed by atoms with Gasteiger partial charge >= 0.3 is 5.97 Å². The molecule has 2 N–H and O–H groups in total. The Balaban J connectivity index is 1.86. The fraction of sp³-hybridized carbons (Fsp3) is 0.533. The monoisotopic (exact) mass is 292 g/mol. The molecule has 1 aromatic carbocycles. The molecule has 2 fully saturated rings. The molecule has 3 rings (SSSR count). The van der Waals surface area contributed by atoms with Crippen LogP contribution in [0.25, 0.3) is 0 Å². The highest BCUT2D eigenvalue weighted by Crippen LogP contribution is 2.35. The van der Waals surface area contributed by atoms with Gasteiger partial charge < -0.3 is 24.8 Å². The van der Waals surface area contributed by atoms with Gasteiger partial charge in [0.1, 0.15) is 0 Å². The average molecular weight is 292 g/mol. The molecular weight excluding hydrogens is 272 g/mol. The van der Waals surface area contributed by atoms with Crippen molar-refractivity contribution >= 4 is 17.3 Å². The first-order valence-corrected chi connectivity index (χ1v) is 7.14. The van der Waals surface area contributed by atoms with Crippen molar-refractivity contribution in [2.45, 2.75) is 18.6 Å². The molecule has 0 aliphatic carbocycles. The summed E-state index contributed by atoms with van der Waals surface area (Å²) >= 11 is 0. The van der Waals surface area contributed by atoms with Gasteiger partial charge in [-0.05, 0) is 24.6 Å². The van der Waals surface area contributed by atoms with E-state index in [0.717, 1.165) is 25.1 Å². The molecule has 0 atom stereocenters. The predicted molar refractivity (Wildman–Crippen MR) is 78.3 cm³/mol. The SMILES string of the molecule is COC(=O)c1ccc(N)c(N2CCCC3(C2)OCCO3)c1. The van der Waals surface area contributed by atoms with Crippen LogP contribution in [0.15, 0.2) is 18.2 Å². The number of nitrogens with two attached hydrogens (primary N) is 1. The Morgan fingerprint density at radius 3 is 2.86 bits per heavy atom. The van der Waals surface area contributed by atoms with Crippen molar-refractivity contribution in [3.05, 3.63) is 23.8 Å². The molecule has 0 saturated carbocycles. The van der Waals surface area contributed by atoms with E-state index in [-0.39, 0.29) is 5.97 Å². The van der Waals surface area contributed by atoms with Crippen LogP contribution in [0.5, 0.6) is 0 Å². The maximum absolute atomic E-state index is 11.7. The third-order valence-electron chi connectivity index (χ3n) is 4.02. The number of benzene rings is 1. The summed E-state index contributed by atoms with van der Waals surface area (Å²) in [6.45, 7) is 2.75. The molecule has 0 radical (unpaired) electrons. The first-order valence-electron chi connectivity index (χ1n) is 7.14. The summed E-state index contributed by atoms with van der Waals surface area (Å²) in [6, 6.07) is 5.18. The number of hydrogen-bond acceptors (Lipinski definition) is 6. The van der Waals surface area contributed by atoms with Gasteiger partial charge in [-0.1, -0.05) is 0 Å². The highest BCUT2D eigenvalue weighted by Gasteiger charge is 2.41. The second-order valence-corrected chi connectivity index (χ2v) is 5.40. The molecule has 21 heavy (non-hydrogen) atoms. The number of methoxy groups -OCH3 is 1. The lowest BCUT2D eigenvalue weighted by molar-refractivity contribution is -0.161. The molecule has 2 aliphatic rings. The van der Waals surface area contributed by atoms with Crippen LogP contribution in [0.2, 0.25) is 0 Å². The van der Waals surface area contributed by atoms with Crippen LogP contribution in [0.4, 0.5) is 11.4 Å². The summed E-state index contributed by atoms with van der Waals surface area (Å²) in [7, 11) is 1.37. The maximum atomic E-state index is 11.7. The number of nitrogen functional groups attached to an aromatic ring is 1. The Labute approximate surface area is 123 Å². The maximum Gasteiger partial charge on any atom is 0.337 e. The van der Waals surface area contributed by atoms with Crippen molar-refractivity contribution in [3.63, 3.8) is 0 Å². The van der Waals surface area contributed by atoms with Crippen molar-refractivity contribution in [3.8, 4) is 0 Å². The number of ether oxygens (including phenoxy) is 3. The minimum absolute atomic E-state index is 0.365. The smallest absolute Gasteiger partial charge is 0.337 e. The van der Waals surface area contributed by atoms with Gasteiger partial charge in [0.05, 0.1) is 43.8 Å². The molecule has 0 unspecified atom stereocenters. The van der Waals surface area contributed by atoms with Gasteiger partial charge in [-0.3, -0.25) is 0 Å². The molecule has 0 bridgehead atoms. The molecule has 1 spiro atoms. The molecule has 2 saturated heterocycles. The van der Waals surface area contributed by atoms with Crippen molar-refractivity contribution < 1.29 is 19.0 Å². The van der Waals surface area contributed by atoms with E-state index in [4.69, 9.17) is 19.9 Å². The van der Waals surface area contributed by atoms with Gasteiger partial charge in [0.2, 0.25) is 0 Å². The third kappa shape index (κ3) is 2.69. The zero-order chi connectivity index (χ0) is 14.9. The van der Waals surface area contributed by atoms with Crippen molar-refractivity contribution in [2.75, 3.05) is 44.0 Å². The van der Waals surface area contributed by atoms with Gasteiger partial charge in [-0.15, -0.1) is 0 Å². The molecule has 0 aromatic heterocycles. The van der Waals surface area contributed by atoms with E-state index in [1.165, 1.54) is 7.11 Å². The number of carbonyl (C=O) groups excluding carboxylic acids is 1. The van der Waals surface area contributed by atoms with Crippen molar-refractivity contribution in [2.24, 2.45) is 0 Å². The first-order chi connectivity index (χ1) is 10.1. The Morgan fingerprint density at radius 2 is 2.14 bits per heavy atom. The van der Waals surface area contributed by atoms with Gasteiger partial charge in [0.25, 0.3) is 0 Å². The third-order valence-corrected chi connectivity index (χ3v) is 4.02. The summed E-state index contributed by atoms with van der Waals surface area (Å²) in [5.41, 5.74) is 8.04. The largest absolute Gasteiger partial charge is 0.465 e. The van der Waals surface area contributed by atoms with Crippen LogP contribution in [0.3, 0.4) is 0 Å². The van der Waals surface area contributed by atoms with Gasteiger partial charge in [-0.25, -0.2) is 4.79 Å². The minimum atomic E-state index is -0.522. The average Bonchev–Trinajstić information content (AvgIpc) is 2.94. The van der Waals surface area contributed by atoms with E-state index < -0.39 is 5.79 Å². The van der Waals surface area contributed by atoms with Crippen molar-refractivity contribution in [1.82, 2.24) is 0 Å². The molecule has 0 amide bonds. The molecule has 1 aromatic rings. The lowest BCUT2D eigenvalue weighted by atomic mass is 10.0. The predicted octanol–water partition coefficient (Wildman–Crippen LogP) is 1.40. The summed E-state index contributed by atoms with van der Waals surface area (Å²) in [5.74, 6) is -0.886. The molecule has 6 nitrogen and oxygen atoms in total. The number of carbonyl (C=O) groups is 1. The lowest BCUT2D eigenvalue weighted by Crippen LogP contribution is -2.49. The Kier molecular flexibility index (Phi) is 3.73. The molecule has 2 heterocycles. The van der Waals surface area contributed by atoms with E-state index in [1.54, 1.807) is 18.2 Å². The van der Waals surface area contributed by atoms with E-state index in [2.05, 4.69) is 4.90 Å². The lowest BCUT2D eigenvalue weighted by Gasteiger charge is -2.40. The molecule has 2 aliphatic heterocycles. The molecular formula is C15H20N2O4. The van der Waals surface area contributed by atoms with Crippen LogP contribution in [0.1, 0.15) is 23.2 Å². The molecule has 6 heteroatoms. The second kappa shape index (κ2) is 5.54. The summed E-state index contributed by atoms with van der Waals surface area (Å²) in [4.78, 5) is 13.8. The number of rotatable bonds is 2. The second-order valence-electron chi connectivity index (χ2n) is 5.40. The number of anilines is 2. The highest BCUT2D eigenvalue weighted by molar-refractivity contribution is 5.92. The highest BCUT2D eigenvalue weighted by atomic mass is 16.7. The van der Waals surface area contributed by atoms with Gasteiger partial charge in [0, 0.05) is 13.0 Å². The van der Waals surface area contributed by atoms with Crippen LogP contribution in [-0.4, -0.2) is 45.2 Å². The number of nitrogens with zero attached hydrogens (tertiary/aromatic N) is 1. The Bertz CT molecular complexity index is 540. The first kappa shape index (κ1) is 14.2. The quantitative estimate of drug-likeness (QED) is 0.656. The summed E-state index contributed by atoms with van der Waals surface area (Å²) in [6.07, 6.45) is 1.85. The minimum Gasteiger partial charge on any atom is -0.465 e. The van der Waals surface area contributed by atoms with Gasteiger partial charge in [-0.2, -0.15) is 0 Å². The zero-order valence-corrected chi connectivity index (χ0v) is 12.1. The Hall–Kier alpha value is -1.79. The van der Waals surface area contributed by atoms with Crippen LogP contribution in [0, 0.1) is 0 Å². The zero-order valence-electron chi connectivity index (χ0n) is 12.1. The van der Waals surface area contributed by atoms with Crippen LogP contribution in [-0.2, 0) is 14.2 Å². The number of esters is 1. The Morgan fingerprint density at radius 1 is 1.38 bits per heavy atom. The van der Waals surface area contributed by atoms with Crippen LogP contribution >= 0.6 is 0 Å². The van der Waals surface area contributed by atoms with E-state index in [9.17, 15) is 4.79 Å². The van der Waals surface area contributed by atoms with Crippen molar-refractivity contribution in [1.29, 1.82) is 0 Å². The number of piperidine rings is 1. The summed E-state index contributed by atoms with van der Waals surface area (Å²) in [5, 5.41) is 0. The fourth-order valence-corrected chi connectivity index (χ4v) is 2.99. The van der Waals surface area contributed by atoms with E-state index in [1.807, 2.05) is 0 Å². The topological polar surface area (TPSA) is 74.0 Å².